The predicted octanol–water partition coefficient (Wildman–Crippen LogP) is 3.12. The highest BCUT2D eigenvalue weighted by molar-refractivity contribution is 5.85. The molecular formula is C17H15FN4O2. The second-order valence-electron chi connectivity index (χ2n) is 5.24. The van der Waals surface area contributed by atoms with E-state index in [1.54, 1.807) is 24.3 Å². The Hall–Kier alpha value is -3.09. The van der Waals surface area contributed by atoms with Gasteiger partial charge in [0.25, 0.3) is 0 Å². The lowest BCUT2D eigenvalue weighted by Crippen LogP contribution is -2.03. The molecule has 0 saturated heterocycles. The van der Waals surface area contributed by atoms with Crippen molar-refractivity contribution in [3.05, 3.63) is 60.1 Å². The van der Waals surface area contributed by atoms with Crippen LogP contribution in [0.25, 0.3) is 17.2 Å². The van der Waals surface area contributed by atoms with Gasteiger partial charge in [0.1, 0.15) is 18.0 Å². The maximum atomic E-state index is 14.1. The van der Waals surface area contributed by atoms with Crippen molar-refractivity contribution in [1.29, 1.82) is 0 Å². The van der Waals surface area contributed by atoms with Crippen molar-refractivity contribution >= 4 is 5.97 Å². The Bertz CT molecular complexity index is 892. The van der Waals surface area contributed by atoms with Gasteiger partial charge in [0.2, 0.25) is 0 Å². The molecule has 0 aliphatic heterocycles. The van der Waals surface area contributed by atoms with Crippen LogP contribution in [0.2, 0.25) is 0 Å². The number of nitrogens with zero attached hydrogens (tertiary/aromatic N) is 4. The molecule has 0 amide bonds. The van der Waals surface area contributed by atoms with Gasteiger partial charge in [-0.15, -0.1) is 0 Å². The van der Waals surface area contributed by atoms with Crippen LogP contribution < -0.4 is 0 Å². The lowest BCUT2D eigenvalue weighted by Gasteiger charge is -2.09. The Morgan fingerprint density at radius 1 is 1.29 bits per heavy atom. The highest BCUT2D eigenvalue weighted by Gasteiger charge is 2.13. The zero-order valence-corrected chi connectivity index (χ0v) is 13.0. The second-order valence-corrected chi connectivity index (χ2v) is 5.24. The van der Waals surface area contributed by atoms with Gasteiger partial charge in [-0.3, -0.25) is 4.57 Å². The number of imidazole rings is 1. The summed E-state index contributed by atoms with van der Waals surface area (Å²) in [5.41, 5.74) is 0.972. The van der Waals surface area contributed by atoms with Gasteiger partial charge < -0.3 is 5.11 Å². The predicted molar refractivity (Wildman–Crippen MR) is 85.5 cm³/mol. The molecule has 0 radical (unpaired) electrons. The van der Waals surface area contributed by atoms with Crippen molar-refractivity contribution < 1.29 is 14.3 Å². The number of carboxylic acid groups (broad SMARTS) is 1. The van der Waals surface area contributed by atoms with Crippen LogP contribution in [-0.4, -0.2) is 30.6 Å². The van der Waals surface area contributed by atoms with Crippen LogP contribution in [0, 0.1) is 5.82 Å². The quantitative estimate of drug-likeness (QED) is 0.779. The smallest absolute Gasteiger partial charge is 0.356 e. The van der Waals surface area contributed by atoms with Gasteiger partial charge in [-0.2, -0.15) is 0 Å². The van der Waals surface area contributed by atoms with Crippen molar-refractivity contribution in [2.75, 3.05) is 0 Å². The molecule has 0 atom stereocenters. The normalized spacial score (nSPS) is 10.8. The van der Waals surface area contributed by atoms with Crippen LogP contribution in [0.15, 0.2) is 42.9 Å². The first kappa shape index (κ1) is 15.8. The van der Waals surface area contributed by atoms with E-state index in [4.69, 9.17) is 5.11 Å². The summed E-state index contributed by atoms with van der Waals surface area (Å²) >= 11 is 0. The van der Waals surface area contributed by atoms with Crippen molar-refractivity contribution in [3.8, 4) is 17.2 Å². The number of aromatic nitrogens is 4. The van der Waals surface area contributed by atoms with E-state index in [0.717, 1.165) is 12.1 Å². The summed E-state index contributed by atoms with van der Waals surface area (Å²) in [6.45, 7) is 2.02. The summed E-state index contributed by atoms with van der Waals surface area (Å²) < 4.78 is 15.6. The largest absolute Gasteiger partial charge is 0.476 e. The fraction of sp³-hybridized carbons (Fsp3) is 0.176. The van der Waals surface area contributed by atoms with Crippen molar-refractivity contribution in [3.63, 3.8) is 0 Å². The van der Waals surface area contributed by atoms with E-state index in [0.29, 0.717) is 17.8 Å². The van der Waals surface area contributed by atoms with E-state index in [1.807, 2.05) is 6.92 Å². The first-order valence-corrected chi connectivity index (χ1v) is 7.49. The molecule has 122 valence electrons. The number of aromatic carboxylic acids is 1. The number of hydrogen-bond donors (Lipinski definition) is 1. The van der Waals surface area contributed by atoms with E-state index < -0.39 is 11.8 Å². The molecule has 3 rings (SSSR count). The van der Waals surface area contributed by atoms with Crippen molar-refractivity contribution in [2.24, 2.45) is 0 Å². The van der Waals surface area contributed by atoms with Crippen LogP contribution in [-0.2, 0) is 6.42 Å². The van der Waals surface area contributed by atoms with E-state index in [-0.39, 0.29) is 11.5 Å². The first-order valence-electron chi connectivity index (χ1n) is 7.49. The summed E-state index contributed by atoms with van der Waals surface area (Å²) in [4.78, 5) is 23.6. The monoisotopic (exact) mass is 326 g/mol. The Balaban J connectivity index is 2.12. The fourth-order valence-electron chi connectivity index (χ4n) is 2.32. The summed E-state index contributed by atoms with van der Waals surface area (Å²) in [6, 6.07) is 8.03. The van der Waals surface area contributed by atoms with Gasteiger partial charge in [-0.1, -0.05) is 25.5 Å². The maximum Gasteiger partial charge on any atom is 0.356 e. The van der Waals surface area contributed by atoms with Gasteiger partial charge in [-0.25, -0.2) is 24.1 Å². The average Bonchev–Trinajstić information content (AvgIpc) is 3.06. The minimum Gasteiger partial charge on any atom is -0.476 e. The van der Waals surface area contributed by atoms with Crippen LogP contribution in [0.5, 0.6) is 0 Å². The third-order valence-corrected chi connectivity index (χ3v) is 3.45. The van der Waals surface area contributed by atoms with E-state index >= 15 is 0 Å². The second kappa shape index (κ2) is 6.57. The lowest BCUT2D eigenvalue weighted by atomic mass is 10.2. The van der Waals surface area contributed by atoms with E-state index in [2.05, 4.69) is 15.0 Å². The summed E-state index contributed by atoms with van der Waals surface area (Å²) in [5.74, 6) is -0.814. The maximum absolute atomic E-state index is 14.1. The third kappa shape index (κ3) is 3.15. The van der Waals surface area contributed by atoms with Gasteiger partial charge in [0, 0.05) is 18.0 Å². The molecule has 24 heavy (non-hydrogen) atoms. The molecule has 7 heteroatoms. The molecule has 1 aromatic carbocycles. The van der Waals surface area contributed by atoms with Gasteiger partial charge >= 0.3 is 5.97 Å². The standard InChI is InChI=1S/C17H15FN4O2/c1-2-5-11-8-15(22-9-14(17(23)24)19-10-22)21-16(20-11)12-6-3-4-7-13(12)18/h3-4,6-10H,2,5H2,1H3,(H,23,24). The number of aryl methyl sites for hydroxylation is 1. The highest BCUT2D eigenvalue weighted by atomic mass is 19.1. The van der Waals surface area contributed by atoms with Crippen molar-refractivity contribution in [2.45, 2.75) is 19.8 Å². The number of benzene rings is 1. The number of rotatable bonds is 5. The SMILES string of the molecule is CCCc1cc(-n2cnc(C(=O)O)c2)nc(-c2ccccc2F)n1. The first-order chi connectivity index (χ1) is 11.6. The van der Waals surface area contributed by atoms with Gasteiger partial charge in [-0.05, 0) is 18.6 Å². The van der Waals surface area contributed by atoms with Crippen molar-refractivity contribution in [1.82, 2.24) is 19.5 Å². The third-order valence-electron chi connectivity index (χ3n) is 3.45. The molecule has 0 fully saturated rings. The van der Waals surface area contributed by atoms with E-state index in [9.17, 15) is 9.18 Å². The molecule has 3 aromatic rings. The molecule has 0 saturated carbocycles. The minimum absolute atomic E-state index is 0.0851. The van der Waals surface area contributed by atoms with Crippen LogP contribution >= 0.6 is 0 Å². The molecule has 6 nitrogen and oxygen atoms in total. The number of carboxylic acids is 1. The number of carbonyl (C=O) groups is 1. The van der Waals surface area contributed by atoms with Gasteiger partial charge in [0.15, 0.2) is 11.5 Å². The molecule has 2 aromatic heterocycles. The van der Waals surface area contributed by atoms with Crippen LogP contribution in [0.3, 0.4) is 0 Å². The Kier molecular flexibility index (Phi) is 4.33. The molecule has 0 unspecified atom stereocenters. The summed E-state index contributed by atoms with van der Waals surface area (Å²) in [6.07, 6.45) is 4.31. The van der Waals surface area contributed by atoms with E-state index in [1.165, 1.54) is 23.2 Å². The zero-order valence-electron chi connectivity index (χ0n) is 13.0. The zero-order chi connectivity index (χ0) is 17.1. The molecule has 0 aliphatic carbocycles. The average molecular weight is 326 g/mol. The summed E-state index contributed by atoms with van der Waals surface area (Å²) in [7, 11) is 0. The molecule has 0 bridgehead atoms. The molecule has 0 spiro atoms. The molecule has 2 heterocycles. The Labute approximate surface area is 137 Å². The van der Waals surface area contributed by atoms with Crippen LogP contribution in [0.4, 0.5) is 4.39 Å². The fourth-order valence-corrected chi connectivity index (χ4v) is 2.32. The van der Waals surface area contributed by atoms with Crippen LogP contribution in [0.1, 0.15) is 29.5 Å². The molecule has 1 N–H and O–H groups in total. The highest BCUT2D eigenvalue weighted by Crippen LogP contribution is 2.21. The Morgan fingerprint density at radius 2 is 2.08 bits per heavy atom. The Morgan fingerprint density at radius 3 is 2.75 bits per heavy atom. The molecule has 0 aliphatic rings. The molecular weight excluding hydrogens is 311 g/mol. The minimum atomic E-state index is -1.12. The number of hydrogen-bond acceptors (Lipinski definition) is 4. The lowest BCUT2D eigenvalue weighted by molar-refractivity contribution is 0.0691. The van der Waals surface area contributed by atoms with Gasteiger partial charge in [0.05, 0.1) is 5.56 Å². The topological polar surface area (TPSA) is 80.9 Å². The summed E-state index contributed by atoms with van der Waals surface area (Å²) in [5, 5.41) is 8.99. The number of halogens is 1.